The molecule has 0 heterocycles. The summed E-state index contributed by atoms with van der Waals surface area (Å²) in [6.07, 6.45) is 2.32. The molecule has 1 aliphatic rings. The van der Waals surface area contributed by atoms with E-state index in [9.17, 15) is 9.90 Å². The Labute approximate surface area is 141 Å². The number of aromatic hydroxyl groups is 1. The van der Waals surface area contributed by atoms with E-state index in [4.69, 9.17) is 9.84 Å². The highest BCUT2D eigenvalue weighted by Crippen LogP contribution is 2.32. The van der Waals surface area contributed by atoms with Gasteiger partial charge >= 0.3 is 5.97 Å². The Morgan fingerprint density at radius 1 is 1.17 bits per heavy atom. The number of carboxylic acid groups (broad SMARTS) is 1. The van der Waals surface area contributed by atoms with Crippen LogP contribution < -0.4 is 4.74 Å². The summed E-state index contributed by atoms with van der Waals surface area (Å²) in [5, 5.41) is 18.8. The van der Waals surface area contributed by atoms with E-state index in [1.54, 1.807) is 24.3 Å². The fourth-order valence-electron chi connectivity index (χ4n) is 2.85. The molecule has 2 aromatic carbocycles. The number of phenols is 1. The highest BCUT2D eigenvalue weighted by atomic mass is 16.5. The zero-order valence-corrected chi connectivity index (χ0v) is 13.6. The van der Waals surface area contributed by atoms with Gasteiger partial charge in [-0.15, -0.1) is 0 Å². The first kappa shape index (κ1) is 16.3. The molecule has 1 fully saturated rings. The van der Waals surface area contributed by atoms with Crippen molar-refractivity contribution in [1.82, 2.24) is 4.90 Å². The molecule has 0 aliphatic heterocycles. The fourth-order valence-corrected chi connectivity index (χ4v) is 2.85. The van der Waals surface area contributed by atoms with Gasteiger partial charge in [0.25, 0.3) is 0 Å². The minimum Gasteiger partial charge on any atom is -0.504 e. The van der Waals surface area contributed by atoms with Crippen LogP contribution >= 0.6 is 0 Å². The van der Waals surface area contributed by atoms with Gasteiger partial charge in [-0.05, 0) is 48.2 Å². The van der Waals surface area contributed by atoms with Crippen molar-refractivity contribution in [2.75, 3.05) is 7.11 Å². The lowest BCUT2D eigenvalue weighted by atomic mass is 10.1. The topological polar surface area (TPSA) is 70.0 Å². The van der Waals surface area contributed by atoms with Gasteiger partial charge < -0.3 is 14.9 Å². The molecule has 2 aromatic rings. The maximum Gasteiger partial charge on any atom is 0.335 e. The molecule has 0 radical (unpaired) electrons. The van der Waals surface area contributed by atoms with Gasteiger partial charge in [0.05, 0.1) is 12.7 Å². The molecule has 1 saturated carbocycles. The van der Waals surface area contributed by atoms with Gasteiger partial charge in [0.2, 0.25) is 0 Å². The minimum atomic E-state index is -0.905. The molecule has 3 rings (SSSR count). The number of hydrogen-bond donors (Lipinski definition) is 2. The fraction of sp³-hybridized carbons (Fsp3) is 0.316. The number of carboxylic acids is 1. The molecule has 0 spiro atoms. The second-order valence-electron chi connectivity index (χ2n) is 6.15. The van der Waals surface area contributed by atoms with Crippen molar-refractivity contribution < 1.29 is 19.7 Å². The summed E-state index contributed by atoms with van der Waals surface area (Å²) in [7, 11) is 1.54. The van der Waals surface area contributed by atoms with Crippen LogP contribution in [0.5, 0.6) is 11.5 Å². The van der Waals surface area contributed by atoms with E-state index >= 15 is 0 Å². The van der Waals surface area contributed by atoms with Gasteiger partial charge in [0.15, 0.2) is 11.5 Å². The molecular formula is C19H21NO4. The van der Waals surface area contributed by atoms with E-state index in [0.717, 1.165) is 30.5 Å². The Balaban J connectivity index is 1.76. The predicted molar refractivity (Wildman–Crippen MR) is 90.3 cm³/mol. The zero-order valence-electron chi connectivity index (χ0n) is 13.6. The van der Waals surface area contributed by atoms with Crippen LogP contribution in [-0.2, 0) is 13.1 Å². The van der Waals surface area contributed by atoms with Crippen LogP contribution in [0.3, 0.4) is 0 Å². The summed E-state index contributed by atoms with van der Waals surface area (Å²) in [6, 6.07) is 13.0. The first-order valence-corrected chi connectivity index (χ1v) is 7.99. The molecule has 0 aromatic heterocycles. The third-order valence-electron chi connectivity index (χ3n) is 4.25. The third-order valence-corrected chi connectivity index (χ3v) is 4.25. The number of nitrogens with zero attached hydrogens (tertiary/aromatic N) is 1. The first-order valence-electron chi connectivity index (χ1n) is 7.99. The van der Waals surface area contributed by atoms with Crippen molar-refractivity contribution in [1.29, 1.82) is 0 Å². The summed E-state index contributed by atoms with van der Waals surface area (Å²) >= 11 is 0. The summed E-state index contributed by atoms with van der Waals surface area (Å²) in [5.74, 6) is -0.303. The van der Waals surface area contributed by atoms with Gasteiger partial charge in [0, 0.05) is 19.1 Å². The average Bonchev–Trinajstić information content (AvgIpc) is 3.41. The lowest BCUT2D eigenvalue weighted by Gasteiger charge is -2.22. The lowest BCUT2D eigenvalue weighted by molar-refractivity contribution is 0.0696. The standard InChI is InChI=1S/C19H21NO4/c1-24-18-10-14(5-8-17(18)21)12-20(16-6-7-16)11-13-3-2-4-15(9-13)19(22)23/h2-5,8-10,16,21H,6-7,11-12H2,1H3,(H,22,23). The van der Waals surface area contributed by atoms with Crippen LogP contribution in [0.15, 0.2) is 42.5 Å². The molecule has 0 unspecified atom stereocenters. The average molecular weight is 327 g/mol. The summed E-state index contributed by atoms with van der Waals surface area (Å²) in [6.45, 7) is 1.44. The van der Waals surface area contributed by atoms with E-state index in [2.05, 4.69) is 4.90 Å². The predicted octanol–water partition coefficient (Wildman–Crippen LogP) is 3.26. The molecule has 0 bridgehead atoms. The number of hydrogen-bond acceptors (Lipinski definition) is 4. The van der Waals surface area contributed by atoms with Crippen molar-refractivity contribution in [3.8, 4) is 11.5 Å². The van der Waals surface area contributed by atoms with Crippen molar-refractivity contribution >= 4 is 5.97 Å². The molecule has 0 atom stereocenters. The van der Waals surface area contributed by atoms with Gasteiger partial charge in [-0.2, -0.15) is 0 Å². The zero-order chi connectivity index (χ0) is 17.1. The lowest BCUT2D eigenvalue weighted by Crippen LogP contribution is -2.25. The van der Waals surface area contributed by atoms with Crippen molar-refractivity contribution in [2.45, 2.75) is 32.0 Å². The van der Waals surface area contributed by atoms with E-state index in [-0.39, 0.29) is 5.75 Å². The van der Waals surface area contributed by atoms with Crippen molar-refractivity contribution in [2.24, 2.45) is 0 Å². The molecular weight excluding hydrogens is 306 g/mol. The molecule has 1 aliphatic carbocycles. The Hall–Kier alpha value is -2.53. The molecule has 2 N–H and O–H groups in total. The Morgan fingerprint density at radius 2 is 1.88 bits per heavy atom. The summed E-state index contributed by atoms with van der Waals surface area (Å²) in [5.41, 5.74) is 2.37. The minimum absolute atomic E-state index is 0.133. The summed E-state index contributed by atoms with van der Waals surface area (Å²) < 4.78 is 5.17. The number of ether oxygens (including phenoxy) is 1. The molecule has 5 heteroatoms. The van der Waals surface area contributed by atoms with Crippen LogP contribution in [0, 0.1) is 0 Å². The summed E-state index contributed by atoms with van der Waals surface area (Å²) in [4.78, 5) is 13.5. The maximum absolute atomic E-state index is 11.1. The van der Waals surface area contributed by atoms with Gasteiger partial charge in [-0.25, -0.2) is 4.79 Å². The monoisotopic (exact) mass is 327 g/mol. The first-order chi connectivity index (χ1) is 11.6. The molecule has 5 nitrogen and oxygen atoms in total. The van der Waals surface area contributed by atoms with E-state index in [1.807, 2.05) is 18.2 Å². The van der Waals surface area contributed by atoms with Crippen LogP contribution in [0.2, 0.25) is 0 Å². The number of carbonyl (C=O) groups is 1. The Bertz CT molecular complexity index is 740. The molecule has 0 amide bonds. The van der Waals surface area contributed by atoms with Crippen LogP contribution in [0.1, 0.15) is 34.3 Å². The van der Waals surface area contributed by atoms with Gasteiger partial charge in [-0.3, -0.25) is 4.90 Å². The van der Waals surface area contributed by atoms with Crippen LogP contribution in [0.4, 0.5) is 0 Å². The number of methoxy groups -OCH3 is 1. The molecule has 0 saturated heterocycles. The van der Waals surface area contributed by atoms with Crippen LogP contribution in [0.25, 0.3) is 0 Å². The van der Waals surface area contributed by atoms with Gasteiger partial charge in [-0.1, -0.05) is 18.2 Å². The highest BCUT2D eigenvalue weighted by Gasteiger charge is 2.29. The number of aromatic carboxylic acids is 1. The smallest absolute Gasteiger partial charge is 0.335 e. The van der Waals surface area contributed by atoms with E-state index < -0.39 is 5.97 Å². The maximum atomic E-state index is 11.1. The van der Waals surface area contributed by atoms with Crippen molar-refractivity contribution in [3.63, 3.8) is 0 Å². The largest absolute Gasteiger partial charge is 0.504 e. The van der Waals surface area contributed by atoms with E-state index in [0.29, 0.717) is 23.9 Å². The SMILES string of the molecule is COc1cc(CN(Cc2cccc(C(=O)O)c2)C2CC2)ccc1O. The van der Waals surface area contributed by atoms with Crippen molar-refractivity contribution in [3.05, 3.63) is 59.2 Å². The normalized spacial score (nSPS) is 13.9. The van der Waals surface area contributed by atoms with Crippen LogP contribution in [-0.4, -0.2) is 34.2 Å². The second kappa shape index (κ2) is 6.93. The Kier molecular flexibility index (Phi) is 4.71. The number of phenolic OH excluding ortho intramolecular Hbond substituents is 1. The molecule has 126 valence electrons. The number of benzene rings is 2. The van der Waals surface area contributed by atoms with E-state index in [1.165, 1.54) is 7.11 Å². The highest BCUT2D eigenvalue weighted by molar-refractivity contribution is 5.87. The third kappa shape index (κ3) is 3.86. The Morgan fingerprint density at radius 3 is 2.50 bits per heavy atom. The van der Waals surface area contributed by atoms with Gasteiger partial charge in [0.1, 0.15) is 0 Å². The second-order valence-corrected chi connectivity index (χ2v) is 6.15. The number of rotatable bonds is 7. The molecule has 24 heavy (non-hydrogen) atoms. The quantitative estimate of drug-likeness (QED) is 0.817.